The van der Waals surface area contributed by atoms with Crippen LogP contribution in [0.15, 0.2) is 6.07 Å². The van der Waals surface area contributed by atoms with E-state index < -0.39 is 10.8 Å². The Balaban J connectivity index is 2.55. The normalized spacial score (nSPS) is 11.5. The van der Waals surface area contributed by atoms with Gasteiger partial charge < -0.3 is 11.1 Å². The molecule has 1 heterocycles. The van der Waals surface area contributed by atoms with Crippen molar-refractivity contribution in [3.05, 3.63) is 21.4 Å². The van der Waals surface area contributed by atoms with Gasteiger partial charge in [0, 0.05) is 29.4 Å². The van der Waals surface area contributed by atoms with Crippen molar-refractivity contribution in [1.82, 2.24) is 5.32 Å². The molecular weight excluding hydrogens is 280 g/mol. The molecule has 0 saturated heterocycles. The molecule has 3 N–H and O–H groups in total. The molecule has 1 atom stereocenters. The predicted octanol–water partition coefficient (Wildman–Crippen LogP) is 0.865. The van der Waals surface area contributed by atoms with Crippen molar-refractivity contribution in [1.29, 1.82) is 0 Å². The molecule has 19 heavy (non-hydrogen) atoms. The van der Waals surface area contributed by atoms with Crippen molar-refractivity contribution >= 4 is 28.0 Å². The fourth-order valence-electron chi connectivity index (χ4n) is 1.41. The van der Waals surface area contributed by atoms with Gasteiger partial charge >= 0.3 is 0 Å². The van der Waals surface area contributed by atoms with Crippen LogP contribution >= 0.6 is 11.3 Å². The fraction of sp³-hybridized carbons (Fsp3) is 0.462. The highest BCUT2D eigenvalue weighted by atomic mass is 32.2. The standard InChI is InChI=1S/C13H18N2O2S2/c1-10-9-12(18-11(10)5-3-6-14)13(16)15-7-4-8-19(2)17/h9H,4,6-8,14H2,1-2H3,(H,15,16). The van der Waals surface area contributed by atoms with Crippen LogP contribution in [0, 0.1) is 18.8 Å². The van der Waals surface area contributed by atoms with E-state index in [4.69, 9.17) is 5.73 Å². The molecule has 104 valence electrons. The summed E-state index contributed by atoms with van der Waals surface area (Å²) in [7, 11) is -0.807. The summed E-state index contributed by atoms with van der Waals surface area (Å²) in [5.41, 5.74) is 6.32. The number of nitrogens with one attached hydrogen (secondary N) is 1. The summed E-state index contributed by atoms with van der Waals surface area (Å²) >= 11 is 1.37. The van der Waals surface area contributed by atoms with Crippen LogP contribution < -0.4 is 11.1 Å². The lowest BCUT2D eigenvalue weighted by molar-refractivity contribution is 0.0957. The monoisotopic (exact) mass is 298 g/mol. The third-order valence-electron chi connectivity index (χ3n) is 2.34. The molecule has 0 aliphatic carbocycles. The van der Waals surface area contributed by atoms with Crippen LogP contribution in [0.1, 0.15) is 26.5 Å². The summed E-state index contributed by atoms with van der Waals surface area (Å²) in [5, 5.41) is 2.82. The van der Waals surface area contributed by atoms with E-state index in [0.717, 1.165) is 16.9 Å². The first-order valence-electron chi connectivity index (χ1n) is 5.92. The summed E-state index contributed by atoms with van der Waals surface area (Å²) in [6.07, 6.45) is 2.38. The van der Waals surface area contributed by atoms with E-state index in [0.29, 0.717) is 23.7 Å². The number of carbonyl (C=O) groups is 1. The Morgan fingerprint density at radius 3 is 2.95 bits per heavy atom. The van der Waals surface area contributed by atoms with Gasteiger partial charge in [0.15, 0.2) is 0 Å². The highest BCUT2D eigenvalue weighted by molar-refractivity contribution is 7.84. The minimum Gasteiger partial charge on any atom is -0.351 e. The van der Waals surface area contributed by atoms with Crippen molar-refractivity contribution in [3.63, 3.8) is 0 Å². The van der Waals surface area contributed by atoms with Gasteiger partial charge in [-0.2, -0.15) is 0 Å². The van der Waals surface area contributed by atoms with E-state index in [9.17, 15) is 9.00 Å². The summed E-state index contributed by atoms with van der Waals surface area (Å²) < 4.78 is 10.9. The second-order valence-electron chi connectivity index (χ2n) is 4.02. The smallest absolute Gasteiger partial charge is 0.261 e. The molecule has 0 aliphatic rings. The zero-order valence-electron chi connectivity index (χ0n) is 11.1. The fourth-order valence-corrected chi connectivity index (χ4v) is 2.93. The largest absolute Gasteiger partial charge is 0.351 e. The number of nitrogens with two attached hydrogens (primary N) is 1. The van der Waals surface area contributed by atoms with E-state index in [1.807, 2.05) is 13.0 Å². The second-order valence-corrected chi connectivity index (χ2v) is 6.62. The van der Waals surface area contributed by atoms with Gasteiger partial charge in [-0.15, -0.1) is 11.3 Å². The molecule has 1 amide bonds. The molecule has 0 spiro atoms. The Morgan fingerprint density at radius 1 is 1.58 bits per heavy atom. The number of amides is 1. The predicted molar refractivity (Wildman–Crippen MR) is 80.9 cm³/mol. The van der Waals surface area contributed by atoms with E-state index >= 15 is 0 Å². The molecule has 4 nitrogen and oxygen atoms in total. The lowest BCUT2D eigenvalue weighted by atomic mass is 10.2. The number of thiophene rings is 1. The van der Waals surface area contributed by atoms with Crippen LogP contribution in [0.25, 0.3) is 0 Å². The molecule has 0 fully saturated rings. The lowest BCUT2D eigenvalue weighted by Crippen LogP contribution is -2.24. The van der Waals surface area contributed by atoms with E-state index in [1.165, 1.54) is 11.3 Å². The third-order valence-corrected chi connectivity index (χ3v) is 4.35. The SMILES string of the molecule is Cc1cc(C(=O)NCCCS(C)=O)sc1C#CCN. The minimum absolute atomic E-state index is 0.101. The molecule has 0 aliphatic heterocycles. The van der Waals surface area contributed by atoms with Crippen LogP contribution in [0.4, 0.5) is 0 Å². The van der Waals surface area contributed by atoms with Gasteiger partial charge in [0.25, 0.3) is 5.91 Å². The average Bonchev–Trinajstić information content (AvgIpc) is 2.73. The first kappa shape index (κ1) is 15.9. The van der Waals surface area contributed by atoms with Crippen molar-refractivity contribution in [3.8, 4) is 11.8 Å². The minimum atomic E-state index is -0.807. The van der Waals surface area contributed by atoms with Crippen LogP contribution in [0.5, 0.6) is 0 Å². The maximum absolute atomic E-state index is 11.9. The summed E-state index contributed by atoms with van der Waals surface area (Å²) in [6, 6.07) is 1.83. The topological polar surface area (TPSA) is 72.2 Å². The van der Waals surface area contributed by atoms with Crippen LogP contribution in [-0.2, 0) is 10.8 Å². The second kappa shape index (κ2) is 8.10. The Labute approximate surface area is 120 Å². The quantitative estimate of drug-likeness (QED) is 0.626. The molecule has 1 unspecified atom stereocenters. The summed E-state index contributed by atoms with van der Waals surface area (Å²) in [4.78, 5) is 13.4. The van der Waals surface area contributed by atoms with E-state index in [2.05, 4.69) is 17.2 Å². The summed E-state index contributed by atoms with van der Waals surface area (Å²) in [6.45, 7) is 2.78. The summed E-state index contributed by atoms with van der Waals surface area (Å²) in [5.74, 6) is 6.25. The average molecular weight is 298 g/mol. The highest BCUT2D eigenvalue weighted by Crippen LogP contribution is 2.20. The highest BCUT2D eigenvalue weighted by Gasteiger charge is 2.10. The maximum Gasteiger partial charge on any atom is 0.261 e. The van der Waals surface area contributed by atoms with Crippen molar-refractivity contribution in [2.45, 2.75) is 13.3 Å². The Kier molecular flexibility index (Phi) is 6.78. The van der Waals surface area contributed by atoms with Gasteiger partial charge in [0.05, 0.1) is 16.3 Å². The molecule has 1 aromatic heterocycles. The number of rotatable bonds is 5. The number of carbonyl (C=O) groups excluding carboxylic acids is 1. The molecule has 0 aromatic carbocycles. The first-order valence-corrected chi connectivity index (χ1v) is 8.46. The van der Waals surface area contributed by atoms with Crippen LogP contribution in [0.2, 0.25) is 0 Å². The lowest BCUT2D eigenvalue weighted by Gasteiger charge is -2.01. The number of hydrogen-bond donors (Lipinski definition) is 2. The molecule has 0 saturated carbocycles. The maximum atomic E-state index is 11.9. The molecule has 1 aromatic rings. The van der Waals surface area contributed by atoms with Gasteiger partial charge in [0.2, 0.25) is 0 Å². The Morgan fingerprint density at radius 2 is 2.32 bits per heavy atom. The van der Waals surface area contributed by atoms with Gasteiger partial charge in [0.1, 0.15) is 0 Å². The zero-order valence-corrected chi connectivity index (χ0v) is 12.7. The molecule has 1 rings (SSSR count). The molecule has 6 heteroatoms. The van der Waals surface area contributed by atoms with Crippen LogP contribution in [0.3, 0.4) is 0 Å². The van der Waals surface area contributed by atoms with Gasteiger partial charge in [-0.1, -0.05) is 11.8 Å². The van der Waals surface area contributed by atoms with E-state index in [-0.39, 0.29) is 5.91 Å². The first-order chi connectivity index (χ1) is 9.04. The van der Waals surface area contributed by atoms with Crippen molar-refractivity contribution in [2.75, 3.05) is 25.1 Å². The molecular formula is C13H18N2O2S2. The number of hydrogen-bond acceptors (Lipinski definition) is 4. The van der Waals surface area contributed by atoms with Crippen LogP contribution in [-0.4, -0.2) is 35.2 Å². The van der Waals surface area contributed by atoms with Gasteiger partial charge in [-0.05, 0) is 25.0 Å². The molecule has 0 radical (unpaired) electrons. The molecule has 0 bridgehead atoms. The van der Waals surface area contributed by atoms with E-state index in [1.54, 1.807) is 6.26 Å². The Hall–Kier alpha value is -1.16. The van der Waals surface area contributed by atoms with Crippen molar-refractivity contribution in [2.24, 2.45) is 5.73 Å². The van der Waals surface area contributed by atoms with Gasteiger partial charge in [-0.3, -0.25) is 9.00 Å². The number of aryl methyl sites for hydroxylation is 1. The Bertz CT molecular complexity index is 526. The van der Waals surface area contributed by atoms with Gasteiger partial charge in [-0.25, -0.2) is 0 Å². The van der Waals surface area contributed by atoms with Crippen molar-refractivity contribution < 1.29 is 9.00 Å². The zero-order chi connectivity index (χ0) is 14.3. The third kappa shape index (κ3) is 5.55.